The highest BCUT2D eigenvalue weighted by Gasteiger charge is 2.22. The molecule has 0 bridgehead atoms. The fourth-order valence-corrected chi connectivity index (χ4v) is 1.30. The molecule has 0 aliphatic heterocycles. The molecule has 1 heterocycles. The minimum absolute atomic E-state index is 0.0959. The van der Waals surface area contributed by atoms with Gasteiger partial charge >= 0.3 is 0 Å². The van der Waals surface area contributed by atoms with Crippen molar-refractivity contribution in [3.63, 3.8) is 0 Å². The third-order valence-corrected chi connectivity index (χ3v) is 2.86. The molecule has 0 fully saturated rings. The summed E-state index contributed by atoms with van der Waals surface area (Å²) in [6.07, 6.45) is 0.927. The lowest BCUT2D eigenvalue weighted by Crippen LogP contribution is -2.28. The molecule has 4 nitrogen and oxygen atoms in total. The molecule has 1 aromatic rings. The number of hydrogen-bond acceptors (Lipinski definition) is 4. The van der Waals surface area contributed by atoms with E-state index >= 15 is 0 Å². The van der Waals surface area contributed by atoms with Crippen molar-refractivity contribution < 1.29 is 4.74 Å². The fourth-order valence-electron chi connectivity index (χ4n) is 1.30. The Hall–Kier alpha value is -1.32. The van der Waals surface area contributed by atoms with Crippen LogP contribution in [0.4, 0.5) is 5.82 Å². The molecular weight excluding hydrogens is 226 g/mol. The quantitative estimate of drug-likeness (QED) is 0.891. The molecule has 0 amide bonds. The standard InChI is InChI=1S/C14H25N3O/c1-8-14(5,6)18-11-9-10(15-7)16-12(17-11)13(2,3)4/h9H,8H2,1-7H3,(H,15,16,17). The summed E-state index contributed by atoms with van der Waals surface area (Å²) in [6, 6.07) is 1.84. The van der Waals surface area contributed by atoms with Gasteiger partial charge in [-0.15, -0.1) is 0 Å². The van der Waals surface area contributed by atoms with Gasteiger partial charge in [0.15, 0.2) is 0 Å². The molecule has 0 spiro atoms. The van der Waals surface area contributed by atoms with Gasteiger partial charge in [0.2, 0.25) is 5.88 Å². The third kappa shape index (κ3) is 3.86. The molecule has 0 atom stereocenters. The van der Waals surface area contributed by atoms with E-state index in [1.54, 1.807) is 0 Å². The number of hydrogen-bond donors (Lipinski definition) is 1. The summed E-state index contributed by atoms with van der Waals surface area (Å²) in [5.74, 6) is 2.21. The van der Waals surface area contributed by atoms with Crippen LogP contribution in [0.3, 0.4) is 0 Å². The number of nitrogens with one attached hydrogen (secondary N) is 1. The molecule has 18 heavy (non-hydrogen) atoms. The van der Waals surface area contributed by atoms with Crippen LogP contribution in [-0.2, 0) is 5.41 Å². The first-order chi connectivity index (χ1) is 8.18. The van der Waals surface area contributed by atoms with Gasteiger partial charge in [-0.25, -0.2) is 4.98 Å². The van der Waals surface area contributed by atoms with Crippen molar-refractivity contribution in [3.05, 3.63) is 11.9 Å². The van der Waals surface area contributed by atoms with E-state index in [1.807, 2.05) is 13.1 Å². The maximum absolute atomic E-state index is 5.94. The van der Waals surface area contributed by atoms with E-state index in [9.17, 15) is 0 Å². The average Bonchev–Trinajstić information content (AvgIpc) is 2.27. The first-order valence-electron chi connectivity index (χ1n) is 6.44. The van der Waals surface area contributed by atoms with E-state index in [4.69, 9.17) is 4.74 Å². The Morgan fingerprint density at radius 3 is 2.22 bits per heavy atom. The molecule has 0 saturated heterocycles. The maximum atomic E-state index is 5.94. The molecule has 0 saturated carbocycles. The van der Waals surface area contributed by atoms with Gasteiger partial charge in [0.05, 0.1) is 0 Å². The van der Waals surface area contributed by atoms with Gasteiger partial charge < -0.3 is 10.1 Å². The Kier molecular flexibility index (Phi) is 4.20. The first-order valence-corrected chi connectivity index (χ1v) is 6.44. The smallest absolute Gasteiger partial charge is 0.219 e. The van der Waals surface area contributed by atoms with Crippen molar-refractivity contribution in [1.29, 1.82) is 0 Å². The van der Waals surface area contributed by atoms with Crippen LogP contribution in [0.15, 0.2) is 6.07 Å². The van der Waals surface area contributed by atoms with Gasteiger partial charge in [0.1, 0.15) is 17.2 Å². The Balaban J connectivity index is 3.13. The van der Waals surface area contributed by atoms with Crippen LogP contribution in [0.2, 0.25) is 0 Å². The van der Waals surface area contributed by atoms with E-state index in [2.05, 4.69) is 56.8 Å². The monoisotopic (exact) mass is 251 g/mol. The van der Waals surface area contributed by atoms with E-state index in [0.717, 1.165) is 18.1 Å². The second kappa shape index (κ2) is 5.12. The predicted molar refractivity (Wildman–Crippen MR) is 75.3 cm³/mol. The van der Waals surface area contributed by atoms with Crippen LogP contribution in [0.25, 0.3) is 0 Å². The van der Waals surface area contributed by atoms with E-state index in [1.165, 1.54) is 0 Å². The zero-order valence-electron chi connectivity index (χ0n) is 12.6. The van der Waals surface area contributed by atoms with Gasteiger partial charge in [-0.2, -0.15) is 4.98 Å². The lowest BCUT2D eigenvalue weighted by atomic mass is 9.96. The zero-order valence-corrected chi connectivity index (χ0v) is 12.6. The van der Waals surface area contributed by atoms with E-state index in [0.29, 0.717) is 5.88 Å². The normalized spacial score (nSPS) is 12.4. The fraction of sp³-hybridized carbons (Fsp3) is 0.714. The number of ether oxygens (including phenoxy) is 1. The lowest BCUT2D eigenvalue weighted by molar-refractivity contribution is 0.0982. The number of anilines is 1. The first kappa shape index (κ1) is 14.7. The SMILES string of the molecule is CCC(C)(C)Oc1cc(NC)nc(C(C)(C)C)n1. The van der Waals surface area contributed by atoms with Crippen molar-refractivity contribution in [2.45, 2.75) is 59.0 Å². The molecule has 0 aliphatic carbocycles. The van der Waals surface area contributed by atoms with Crippen molar-refractivity contribution in [2.75, 3.05) is 12.4 Å². The van der Waals surface area contributed by atoms with Crippen LogP contribution < -0.4 is 10.1 Å². The van der Waals surface area contributed by atoms with Gasteiger partial charge in [-0.05, 0) is 20.3 Å². The number of nitrogens with zero attached hydrogens (tertiary/aromatic N) is 2. The van der Waals surface area contributed by atoms with Gasteiger partial charge in [-0.3, -0.25) is 0 Å². The molecule has 0 aliphatic rings. The molecule has 1 aromatic heterocycles. The Labute approximate surface area is 110 Å². The van der Waals surface area contributed by atoms with E-state index in [-0.39, 0.29) is 11.0 Å². The Morgan fingerprint density at radius 2 is 1.78 bits per heavy atom. The largest absolute Gasteiger partial charge is 0.472 e. The highest BCUT2D eigenvalue weighted by molar-refractivity contribution is 5.38. The Morgan fingerprint density at radius 1 is 1.17 bits per heavy atom. The van der Waals surface area contributed by atoms with Crippen LogP contribution in [-0.4, -0.2) is 22.6 Å². The van der Waals surface area contributed by atoms with Gasteiger partial charge in [-0.1, -0.05) is 27.7 Å². The van der Waals surface area contributed by atoms with Gasteiger partial charge in [0.25, 0.3) is 0 Å². The topological polar surface area (TPSA) is 47.0 Å². The van der Waals surface area contributed by atoms with Crippen LogP contribution in [0, 0.1) is 0 Å². The summed E-state index contributed by atoms with van der Waals surface area (Å²) in [6.45, 7) is 12.5. The second-order valence-electron chi connectivity index (χ2n) is 6.13. The summed E-state index contributed by atoms with van der Waals surface area (Å²) in [4.78, 5) is 8.99. The van der Waals surface area contributed by atoms with Gasteiger partial charge in [0, 0.05) is 18.5 Å². The third-order valence-electron chi connectivity index (χ3n) is 2.86. The van der Waals surface area contributed by atoms with Crippen molar-refractivity contribution in [1.82, 2.24) is 9.97 Å². The van der Waals surface area contributed by atoms with Crippen LogP contribution >= 0.6 is 0 Å². The number of aromatic nitrogens is 2. The lowest BCUT2D eigenvalue weighted by Gasteiger charge is -2.25. The summed E-state index contributed by atoms with van der Waals surface area (Å²) in [7, 11) is 1.85. The molecule has 1 N–H and O–H groups in total. The summed E-state index contributed by atoms with van der Waals surface area (Å²) >= 11 is 0. The zero-order chi connectivity index (χ0) is 14.0. The molecule has 0 aromatic carbocycles. The molecule has 1 rings (SSSR count). The molecule has 0 unspecified atom stereocenters. The highest BCUT2D eigenvalue weighted by atomic mass is 16.5. The molecule has 102 valence electrons. The Bertz CT molecular complexity index is 408. The maximum Gasteiger partial charge on any atom is 0.219 e. The summed E-state index contributed by atoms with van der Waals surface area (Å²) < 4.78 is 5.94. The average molecular weight is 251 g/mol. The van der Waals surface area contributed by atoms with Crippen LogP contribution in [0.1, 0.15) is 53.8 Å². The summed E-state index contributed by atoms with van der Waals surface area (Å²) in [5.41, 5.74) is -0.310. The highest BCUT2D eigenvalue weighted by Crippen LogP contribution is 2.26. The van der Waals surface area contributed by atoms with E-state index < -0.39 is 0 Å². The predicted octanol–water partition coefficient (Wildman–Crippen LogP) is 3.38. The second-order valence-corrected chi connectivity index (χ2v) is 6.13. The van der Waals surface area contributed by atoms with Crippen molar-refractivity contribution >= 4 is 5.82 Å². The minimum Gasteiger partial charge on any atom is -0.472 e. The summed E-state index contributed by atoms with van der Waals surface area (Å²) in [5, 5.41) is 3.05. The number of rotatable bonds is 4. The van der Waals surface area contributed by atoms with Crippen molar-refractivity contribution in [2.24, 2.45) is 0 Å². The molecular formula is C14H25N3O. The van der Waals surface area contributed by atoms with Crippen molar-refractivity contribution in [3.8, 4) is 5.88 Å². The van der Waals surface area contributed by atoms with Crippen LogP contribution in [0.5, 0.6) is 5.88 Å². The minimum atomic E-state index is -0.214. The molecule has 0 radical (unpaired) electrons. The molecule has 4 heteroatoms.